The number of fused-ring (bicyclic) bond motifs is 1. The van der Waals surface area contributed by atoms with Gasteiger partial charge in [0.25, 0.3) is 0 Å². The van der Waals surface area contributed by atoms with E-state index in [1.54, 1.807) is 0 Å². The molecule has 0 bridgehead atoms. The highest BCUT2D eigenvalue weighted by Gasteiger charge is 2.01. The van der Waals surface area contributed by atoms with Gasteiger partial charge in [-0.25, -0.2) is 0 Å². The number of nitrogens with zero attached hydrogens (tertiary/aromatic N) is 1. The zero-order valence-corrected chi connectivity index (χ0v) is 11.8. The number of hydrogen-bond donors (Lipinski definition) is 0. The molecule has 0 atom stereocenters. The van der Waals surface area contributed by atoms with Crippen molar-refractivity contribution in [2.75, 3.05) is 5.33 Å². The van der Waals surface area contributed by atoms with E-state index in [0.717, 1.165) is 17.3 Å². The van der Waals surface area contributed by atoms with Gasteiger partial charge in [0, 0.05) is 16.4 Å². The first-order valence-corrected chi connectivity index (χ1v) is 7.34. The molecule has 0 radical (unpaired) electrons. The maximum absolute atomic E-state index is 4.72. The van der Waals surface area contributed by atoms with Crippen LogP contribution < -0.4 is 0 Å². The van der Waals surface area contributed by atoms with E-state index in [1.165, 1.54) is 35.9 Å². The van der Waals surface area contributed by atoms with Gasteiger partial charge in [0.1, 0.15) is 0 Å². The SMILES string of the molecule is Cc1cc(CCCCCBr)nc2ccccc12. The summed E-state index contributed by atoms with van der Waals surface area (Å²) in [6.45, 7) is 2.17. The second kappa shape index (κ2) is 6.15. The maximum atomic E-state index is 4.72. The van der Waals surface area contributed by atoms with E-state index < -0.39 is 0 Å². The molecule has 0 unspecified atom stereocenters. The molecule has 2 rings (SSSR count). The van der Waals surface area contributed by atoms with Crippen LogP contribution in [0.4, 0.5) is 0 Å². The Bertz CT molecular complexity index is 493. The Morgan fingerprint density at radius 3 is 2.76 bits per heavy atom. The lowest BCUT2D eigenvalue weighted by Crippen LogP contribution is -1.93. The summed E-state index contributed by atoms with van der Waals surface area (Å²) in [6, 6.07) is 10.6. The standard InChI is InChI=1S/C15H18BrN/c1-12-11-13(7-3-2-6-10-16)17-15-9-5-4-8-14(12)15/h4-5,8-9,11H,2-3,6-7,10H2,1H3. The van der Waals surface area contributed by atoms with Gasteiger partial charge >= 0.3 is 0 Å². The number of aryl methyl sites for hydroxylation is 2. The van der Waals surface area contributed by atoms with Crippen molar-refractivity contribution in [2.45, 2.75) is 32.6 Å². The molecule has 90 valence electrons. The highest BCUT2D eigenvalue weighted by Crippen LogP contribution is 2.18. The van der Waals surface area contributed by atoms with Crippen LogP contribution in [0, 0.1) is 6.92 Å². The molecule has 1 aromatic carbocycles. The first-order chi connectivity index (χ1) is 8.31. The third kappa shape index (κ3) is 3.29. The molecule has 1 heterocycles. The van der Waals surface area contributed by atoms with Crippen LogP contribution in [0.5, 0.6) is 0 Å². The van der Waals surface area contributed by atoms with E-state index in [4.69, 9.17) is 4.98 Å². The third-order valence-corrected chi connectivity index (χ3v) is 3.60. The maximum Gasteiger partial charge on any atom is 0.0707 e. The number of pyridine rings is 1. The van der Waals surface area contributed by atoms with Gasteiger partial charge in [0.15, 0.2) is 0 Å². The number of alkyl halides is 1. The lowest BCUT2D eigenvalue weighted by atomic mass is 10.1. The van der Waals surface area contributed by atoms with Crippen molar-refractivity contribution in [3.8, 4) is 0 Å². The second-order valence-electron chi connectivity index (χ2n) is 4.45. The molecule has 0 aliphatic carbocycles. The van der Waals surface area contributed by atoms with Crippen molar-refractivity contribution in [3.63, 3.8) is 0 Å². The smallest absolute Gasteiger partial charge is 0.0707 e. The van der Waals surface area contributed by atoms with E-state index in [9.17, 15) is 0 Å². The number of rotatable bonds is 5. The van der Waals surface area contributed by atoms with Crippen LogP contribution in [0.2, 0.25) is 0 Å². The minimum Gasteiger partial charge on any atom is -0.253 e. The number of aromatic nitrogens is 1. The summed E-state index contributed by atoms with van der Waals surface area (Å²) in [5, 5.41) is 2.38. The molecule has 1 aromatic heterocycles. The molecule has 0 N–H and O–H groups in total. The van der Waals surface area contributed by atoms with Gasteiger partial charge in [0.05, 0.1) is 5.52 Å². The van der Waals surface area contributed by atoms with E-state index in [1.807, 2.05) is 0 Å². The van der Waals surface area contributed by atoms with Crippen molar-refractivity contribution in [2.24, 2.45) is 0 Å². The van der Waals surface area contributed by atoms with Gasteiger partial charge in [-0.3, -0.25) is 4.98 Å². The fourth-order valence-corrected chi connectivity index (χ4v) is 2.52. The molecule has 17 heavy (non-hydrogen) atoms. The minimum atomic E-state index is 1.10. The van der Waals surface area contributed by atoms with Crippen molar-refractivity contribution in [3.05, 3.63) is 41.6 Å². The zero-order valence-electron chi connectivity index (χ0n) is 10.2. The van der Waals surface area contributed by atoms with Crippen LogP contribution in [0.15, 0.2) is 30.3 Å². The number of halogens is 1. The largest absolute Gasteiger partial charge is 0.253 e. The zero-order chi connectivity index (χ0) is 12.1. The van der Waals surface area contributed by atoms with Crippen LogP contribution in [0.1, 0.15) is 30.5 Å². The van der Waals surface area contributed by atoms with Gasteiger partial charge in [-0.2, -0.15) is 0 Å². The second-order valence-corrected chi connectivity index (χ2v) is 5.24. The molecule has 1 nitrogen and oxygen atoms in total. The van der Waals surface area contributed by atoms with Crippen molar-refractivity contribution in [1.82, 2.24) is 4.98 Å². The predicted molar refractivity (Wildman–Crippen MR) is 77.8 cm³/mol. The highest BCUT2D eigenvalue weighted by atomic mass is 79.9. The Labute approximate surface area is 111 Å². The molecule has 0 amide bonds. The van der Waals surface area contributed by atoms with Gasteiger partial charge in [-0.05, 0) is 43.9 Å². The summed E-state index contributed by atoms with van der Waals surface area (Å²) < 4.78 is 0. The Hall–Kier alpha value is -0.890. The fraction of sp³-hybridized carbons (Fsp3) is 0.400. The van der Waals surface area contributed by atoms with Crippen LogP contribution in [0.3, 0.4) is 0 Å². The topological polar surface area (TPSA) is 12.9 Å². The molecule has 0 saturated heterocycles. The van der Waals surface area contributed by atoms with Crippen molar-refractivity contribution < 1.29 is 0 Å². The Morgan fingerprint density at radius 1 is 1.12 bits per heavy atom. The minimum absolute atomic E-state index is 1.10. The molecule has 2 aromatic rings. The monoisotopic (exact) mass is 291 g/mol. The summed E-state index contributed by atoms with van der Waals surface area (Å²) >= 11 is 3.46. The Balaban J connectivity index is 2.13. The predicted octanol–water partition coefficient (Wildman–Crippen LogP) is 4.65. The van der Waals surface area contributed by atoms with Gasteiger partial charge in [-0.15, -0.1) is 0 Å². The van der Waals surface area contributed by atoms with E-state index in [0.29, 0.717) is 0 Å². The average Bonchev–Trinajstić information content (AvgIpc) is 2.35. The molecule has 0 spiro atoms. The highest BCUT2D eigenvalue weighted by molar-refractivity contribution is 9.09. The van der Waals surface area contributed by atoms with E-state index in [2.05, 4.69) is 53.2 Å². The lowest BCUT2D eigenvalue weighted by molar-refractivity contribution is 0.715. The van der Waals surface area contributed by atoms with Crippen LogP contribution >= 0.6 is 15.9 Å². The van der Waals surface area contributed by atoms with Gasteiger partial charge < -0.3 is 0 Å². The number of benzene rings is 1. The quantitative estimate of drug-likeness (QED) is 0.577. The summed E-state index contributed by atoms with van der Waals surface area (Å²) in [5.41, 5.74) is 3.70. The van der Waals surface area contributed by atoms with Crippen LogP contribution in [-0.4, -0.2) is 10.3 Å². The summed E-state index contributed by atoms with van der Waals surface area (Å²) in [4.78, 5) is 4.72. The molecular formula is C15H18BrN. The first kappa shape index (κ1) is 12.6. The van der Waals surface area contributed by atoms with Crippen molar-refractivity contribution >= 4 is 26.8 Å². The average molecular weight is 292 g/mol. The third-order valence-electron chi connectivity index (χ3n) is 3.04. The molecular weight excluding hydrogens is 274 g/mol. The molecule has 0 aliphatic heterocycles. The number of hydrogen-bond acceptors (Lipinski definition) is 1. The summed E-state index contributed by atoms with van der Waals surface area (Å²) in [7, 11) is 0. The normalized spacial score (nSPS) is 10.9. The Kier molecular flexibility index (Phi) is 4.55. The van der Waals surface area contributed by atoms with E-state index >= 15 is 0 Å². The van der Waals surface area contributed by atoms with Gasteiger partial charge in [-0.1, -0.05) is 40.5 Å². The van der Waals surface area contributed by atoms with Crippen molar-refractivity contribution in [1.29, 1.82) is 0 Å². The molecule has 0 aliphatic rings. The summed E-state index contributed by atoms with van der Waals surface area (Å²) in [6.07, 6.45) is 4.86. The lowest BCUT2D eigenvalue weighted by Gasteiger charge is -2.06. The number of para-hydroxylation sites is 1. The molecule has 0 saturated carbocycles. The molecule has 0 fully saturated rings. The first-order valence-electron chi connectivity index (χ1n) is 6.22. The van der Waals surface area contributed by atoms with Crippen LogP contribution in [-0.2, 0) is 6.42 Å². The number of unbranched alkanes of at least 4 members (excludes halogenated alkanes) is 2. The van der Waals surface area contributed by atoms with Gasteiger partial charge in [0.2, 0.25) is 0 Å². The Morgan fingerprint density at radius 2 is 1.94 bits per heavy atom. The molecule has 2 heteroatoms. The van der Waals surface area contributed by atoms with E-state index in [-0.39, 0.29) is 0 Å². The fourth-order valence-electron chi connectivity index (χ4n) is 2.12. The summed E-state index contributed by atoms with van der Waals surface area (Å²) in [5.74, 6) is 0. The van der Waals surface area contributed by atoms with Crippen LogP contribution in [0.25, 0.3) is 10.9 Å².